The van der Waals surface area contributed by atoms with E-state index in [1.54, 1.807) is 12.4 Å². The molecule has 0 aliphatic carbocycles. The van der Waals surface area contributed by atoms with Crippen molar-refractivity contribution in [2.45, 2.75) is 6.23 Å². The monoisotopic (exact) mass is 531 g/mol. The van der Waals surface area contributed by atoms with E-state index in [0.717, 1.165) is 76.5 Å². The summed E-state index contributed by atoms with van der Waals surface area (Å²) >= 11 is 0. The Morgan fingerprint density at radius 1 is 0.975 bits per heavy atom. The Morgan fingerprint density at radius 3 is 2.67 bits per heavy atom. The lowest BCUT2D eigenvalue weighted by molar-refractivity contribution is 0.208. The second-order valence-corrected chi connectivity index (χ2v) is 10.2. The molecule has 5 aromatic heterocycles. The van der Waals surface area contributed by atoms with Crippen molar-refractivity contribution in [1.82, 2.24) is 35.0 Å². The van der Waals surface area contributed by atoms with Crippen LogP contribution in [0, 0.1) is 0 Å². The lowest BCUT2D eigenvalue weighted by Crippen LogP contribution is -2.44. The summed E-state index contributed by atoms with van der Waals surface area (Å²) in [6.07, 6.45) is 4.47. The van der Waals surface area contributed by atoms with E-state index >= 15 is 0 Å². The van der Waals surface area contributed by atoms with Crippen molar-refractivity contribution in [3.8, 4) is 22.6 Å². The number of aromatic nitrogens is 6. The first-order valence-corrected chi connectivity index (χ1v) is 13.3. The fourth-order valence-corrected chi connectivity index (χ4v) is 5.25. The van der Waals surface area contributed by atoms with E-state index in [1.165, 1.54) is 5.69 Å². The first-order chi connectivity index (χ1) is 19.6. The number of nitrogens with zero attached hydrogens (tertiary/aromatic N) is 6. The molecule has 1 unspecified atom stereocenters. The lowest BCUT2D eigenvalue weighted by Gasteiger charge is -2.34. The number of pyridine rings is 3. The molecule has 10 nitrogen and oxygen atoms in total. The Morgan fingerprint density at radius 2 is 1.82 bits per heavy atom. The zero-order valence-corrected chi connectivity index (χ0v) is 22.0. The zero-order chi connectivity index (χ0) is 27.1. The van der Waals surface area contributed by atoms with Gasteiger partial charge >= 0.3 is 0 Å². The molecule has 0 radical (unpaired) electrons. The molecule has 6 aromatic rings. The third-order valence-corrected chi connectivity index (χ3v) is 7.47. The SMILES string of the molecule is CN1CCN(c2ccnc3[nH]c(-c4n[nH]c5ccc(-c6cncc(NC(O)c7ccccc7)c6)nc45)cc23)CC1. The normalized spacial score (nSPS) is 15.1. The number of fused-ring (bicyclic) bond motifs is 2. The van der Waals surface area contributed by atoms with Gasteiger partial charge in [-0.15, -0.1) is 0 Å². The predicted octanol–water partition coefficient (Wildman–Crippen LogP) is 4.42. The van der Waals surface area contributed by atoms with Gasteiger partial charge in [-0.3, -0.25) is 10.1 Å². The highest BCUT2D eigenvalue weighted by atomic mass is 16.3. The van der Waals surface area contributed by atoms with Gasteiger partial charge in [0.05, 0.1) is 28.8 Å². The number of hydrogen-bond donors (Lipinski definition) is 4. The number of nitrogens with one attached hydrogen (secondary N) is 3. The van der Waals surface area contributed by atoms with Gasteiger partial charge in [-0.05, 0) is 37.4 Å². The van der Waals surface area contributed by atoms with E-state index < -0.39 is 6.23 Å². The second-order valence-electron chi connectivity index (χ2n) is 10.2. The Kier molecular flexibility index (Phi) is 6.10. The van der Waals surface area contributed by atoms with Gasteiger partial charge in [0.15, 0.2) is 6.23 Å². The average Bonchev–Trinajstić information content (AvgIpc) is 3.62. The summed E-state index contributed by atoms with van der Waals surface area (Å²) in [7, 11) is 2.16. The molecular formula is C30H29N9O. The van der Waals surface area contributed by atoms with E-state index in [4.69, 9.17) is 4.98 Å². The molecular weight excluding hydrogens is 502 g/mol. The third kappa shape index (κ3) is 4.53. The van der Waals surface area contributed by atoms with Crippen molar-refractivity contribution in [3.05, 3.63) is 84.8 Å². The summed E-state index contributed by atoms with van der Waals surface area (Å²) in [4.78, 5) is 22.2. The van der Waals surface area contributed by atoms with Crippen LogP contribution >= 0.6 is 0 Å². The summed E-state index contributed by atoms with van der Waals surface area (Å²) in [6, 6.07) is 19.5. The molecule has 1 aliphatic rings. The molecule has 0 saturated carbocycles. The molecule has 1 saturated heterocycles. The van der Waals surface area contributed by atoms with Crippen molar-refractivity contribution in [2.24, 2.45) is 0 Å². The first kappa shape index (κ1) is 24.3. The molecule has 0 amide bonds. The first-order valence-electron chi connectivity index (χ1n) is 13.3. The highest BCUT2D eigenvalue weighted by Gasteiger charge is 2.20. The predicted molar refractivity (Wildman–Crippen MR) is 157 cm³/mol. The average molecular weight is 532 g/mol. The van der Waals surface area contributed by atoms with Crippen LogP contribution in [0.25, 0.3) is 44.7 Å². The maximum atomic E-state index is 10.6. The summed E-state index contributed by atoms with van der Waals surface area (Å²) in [6.45, 7) is 4.04. The second kappa shape index (κ2) is 10.1. The standard InChI is InChI=1S/C30H29N9O/c1-38-11-13-39(14-12-38)26-9-10-32-29-22(26)16-25(35-29)28-27-24(36-37-28)8-7-23(34-27)20-15-21(18-31-17-20)33-30(40)19-5-3-2-4-6-19/h2-10,15-18,30,33,40H,11-14H2,1H3,(H,32,35)(H,36,37). The fraction of sp³-hybridized carbons (Fsp3) is 0.200. The van der Waals surface area contributed by atoms with Crippen LogP contribution in [0.4, 0.5) is 11.4 Å². The number of benzene rings is 1. The van der Waals surface area contributed by atoms with Gasteiger partial charge in [-0.2, -0.15) is 5.10 Å². The molecule has 4 N–H and O–H groups in total. The molecule has 0 spiro atoms. The lowest BCUT2D eigenvalue weighted by atomic mass is 10.1. The Hall–Kier alpha value is -4.80. The minimum Gasteiger partial charge on any atom is -0.369 e. The van der Waals surface area contributed by atoms with Crippen LogP contribution in [0.3, 0.4) is 0 Å². The maximum absolute atomic E-state index is 10.6. The molecule has 1 atom stereocenters. The summed E-state index contributed by atoms with van der Waals surface area (Å²) in [5.41, 5.74) is 8.27. The Bertz CT molecular complexity index is 1790. The van der Waals surface area contributed by atoms with Gasteiger partial charge < -0.3 is 25.2 Å². The number of rotatable bonds is 6. The van der Waals surface area contributed by atoms with Crippen molar-refractivity contribution in [2.75, 3.05) is 43.4 Å². The molecule has 0 bridgehead atoms. The van der Waals surface area contributed by atoms with Crippen LogP contribution in [0.2, 0.25) is 0 Å². The maximum Gasteiger partial charge on any atom is 0.150 e. The fourth-order valence-electron chi connectivity index (χ4n) is 5.25. The van der Waals surface area contributed by atoms with Crippen molar-refractivity contribution < 1.29 is 5.11 Å². The molecule has 1 fully saturated rings. The highest BCUT2D eigenvalue weighted by Crippen LogP contribution is 2.33. The van der Waals surface area contributed by atoms with Gasteiger partial charge in [0.1, 0.15) is 16.9 Å². The molecule has 1 aliphatic heterocycles. The summed E-state index contributed by atoms with van der Waals surface area (Å²) < 4.78 is 0. The van der Waals surface area contributed by atoms with Gasteiger partial charge in [0.25, 0.3) is 0 Å². The van der Waals surface area contributed by atoms with Crippen LogP contribution in [-0.4, -0.2) is 73.4 Å². The van der Waals surface area contributed by atoms with Gasteiger partial charge in [0.2, 0.25) is 0 Å². The minimum absolute atomic E-state index is 0.696. The van der Waals surface area contributed by atoms with Crippen LogP contribution < -0.4 is 10.2 Å². The smallest absolute Gasteiger partial charge is 0.150 e. The number of hydrogen-bond acceptors (Lipinski definition) is 8. The zero-order valence-electron chi connectivity index (χ0n) is 22.0. The largest absolute Gasteiger partial charge is 0.369 e. The minimum atomic E-state index is -0.847. The highest BCUT2D eigenvalue weighted by molar-refractivity contribution is 5.97. The van der Waals surface area contributed by atoms with Crippen molar-refractivity contribution >= 4 is 33.4 Å². The number of aliphatic hydroxyl groups is 1. The van der Waals surface area contributed by atoms with Gasteiger partial charge in [-0.25, -0.2) is 9.97 Å². The van der Waals surface area contributed by atoms with Crippen LogP contribution in [0.15, 0.2) is 79.3 Å². The number of aromatic amines is 2. The number of H-pyrrole nitrogens is 2. The molecule has 40 heavy (non-hydrogen) atoms. The van der Waals surface area contributed by atoms with E-state index in [1.807, 2.05) is 54.7 Å². The van der Waals surface area contributed by atoms with Crippen LogP contribution in [0.5, 0.6) is 0 Å². The topological polar surface area (TPSA) is 122 Å². The molecule has 1 aromatic carbocycles. The number of piperazine rings is 1. The van der Waals surface area contributed by atoms with Crippen molar-refractivity contribution in [3.63, 3.8) is 0 Å². The number of aliphatic hydroxyl groups excluding tert-OH is 1. The Balaban J connectivity index is 1.21. The third-order valence-electron chi connectivity index (χ3n) is 7.47. The van der Waals surface area contributed by atoms with Gasteiger partial charge in [-0.1, -0.05) is 30.3 Å². The van der Waals surface area contributed by atoms with Gasteiger partial charge in [0, 0.05) is 60.8 Å². The number of likely N-dealkylation sites (N-methyl/N-ethyl adjacent to an activating group) is 1. The van der Waals surface area contributed by atoms with E-state index in [0.29, 0.717) is 5.69 Å². The van der Waals surface area contributed by atoms with Crippen LogP contribution in [0.1, 0.15) is 11.8 Å². The van der Waals surface area contributed by atoms with E-state index in [9.17, 15) is 5.11 Å². The van der Waals surface area contributed by atoms with Crippen molar-refractivity contribution in [1.29, 1.82) is 0 Å². The number of anilines is 2. The molecule has 6 heterocycles. The van der Waals surface area contributed by atoms with Crippen LogP contribution in [-0.2, 0) is 0 Å². The summed E-state index contributed by atoms with van der Waals surface area (Å²) in [5, 5.41) is 22.5. The summed E-state index contributed by atoms with van der Waals surface area (Å²) in [5.74, 6) is 0. The van der Waals surface area contributed by atoms with E-state index in [-0.39, 0.29) is 0 Å². The van der Waals surface area contributed by atoms with E-state index in [2.05, 4.69) is 59.4 Å². The Labute approximate surface area is 230 Å². The molecule has 10 heteroatoms. The molecule has 200 valence electrons. The molecule has 7 rings (SSSR count). The quantitative estimate of drug-likeness (QED) is 0.233.